The second-order valence-electron chi connectivity index (χ2n) is 7.78. The topological polar surface area (TPSA) is 53.1 Å². The molecule has 3 rings (SSSR count). The van der Waals surface area contributed by atoms with E-state index in [0.717, 1.165) is 57.8 Å². The van der Waals surface area contributed by atoms with Gasteiger partial charge in [-0.25, -0.2) is 0 Å². The Morgan fingerprint density at radius 2 is 1.83 bits per heavy atom. The number of nitrogens with zero attached hydrogens (tertiary/aromatic N) is 3. The summed E-state index contributed by atoms with van der Waals surface area (Å²) in [5, 5.41) is 0. The molecule has 0 radical (unpaired) electrons. The van der Waals surface area contributed by atoms with Gasteiger partial charge < -0.3 is 9.64 Å². The number of hydrogen-bond acceptors (Lipinski definition) is 4. The predicted molar refractivity (Wildman–Crippen MR) is 114 cm³/mol. The van der Waals surface area contributed by atoms with Crippen LogP contribution in [0.4, 0.5) is 0 Å². The molecule has 2 aliphatic heterocycles. The fraction of sp³-hybridized carbons (Fsp3) is 0.565. The fourth-order valence-corrected chi connectivity index (χ4v) is 3.91. The summed E-state index contributed by atoms with van der Waals surface area (Å²) in [7, 11) is 0. The number of hydrogen-bond donors (Lipinski definition) is 0. The van der Waals surface area contributed by atoms with Crippen LogP contribution in [0.3, 0.4) is 0 Å². The maximum absolute atomic E-state index is 13.1. The number of carbonyl (C=O) groups is 2. The largest absolute Gasteiger partial charge is 0.379 e. The van der Waals surface area contributed by atoms with E-state index in [-0.39, 0.29) is 18.4 Å². The van der Waals surface area contributed by atoms with E-state index in [9.17, 15) is 9.59 Å². The van der Waals surface area contributed by atoms with Crippen molar-refractivity contribution < 1.29 is 14.3 Å². The van der Waals surface area contributed by atoms with E-state index >= 15 is 0 Å². The van der Waals surface area contributed by atoms with Gasteiger partial charge in [-0.15, -0.1) is 0 Å². The summed E-state index contributed by atoms with van der Waals surface area (Å²) in [6, 6.07) is 7.43. The molecular formula is C23H33N3O3. The van der Waals surface area contributed by atoms with Crippen LogP contribution < -0.4 is 0 Å². The zero-order valence-electron chi connectivity index (χ0n) is 17.6. The summed E-state index contributed by atoms with van der Waals surface area (Å²) < 4.78 is 5.41. The maximum atomic E-state index is 13.1. The fourth-order valence-electron chi connectivity index (χ4n) is 3.91. The van der Waals surface area contributed by atoms with Gasteiger partial charge in [0.05, 0.1) is 13.2 Å². The molecule has 6 nitrogen and oxygen atoms in total. The van der Waals surface area contributed by atoms with Crippen molar-refractivity contribution in [2.24, 2.45) is 0 Å². The van der Waals surface area contributed by atoms with E-state index < -0.39 is 0 Å². The van der Waals surface area contributed by atoms with Crippen LogP contribution in [0.1, 0.15) is 48.5 Å². The molecule has 1 aromatic rings. The lowest BCUT2D eigenvalue weighted by Crippen LogP contribution is -2.46. The third-order valence-corrected chi connectivity index (χ3v) is 5.76. The molecule has 158 valence electrons. The number of fused-ring (bicyclic) bond motifs is 1. The van der Waals surface area contributed by atoms with Gasteiger partial charge >= 0.3 is 0 Å². The van der Waals surface area contributed by atoms with Gasteiger partial charge in [-0.1, -0.05) is 51.0 Å². The van der Waals surface area contributed by atoms with Crippen molar-refractivity contribution in [3.8, 4) is 0 Å². The minimum Gasteiger partial charge on any atom is -0.379 e. The standard InChI is InChI=1S/C23H33N3O3/c1-3-4-5-8-11-25(13-12-24-14-16-29-17-15-24)22(27)18-26-19(2)20-9-6-7-10-21(20)23(26)28/h6-7,9-10H,2-5,8,11-18H2,1H3. The lowest BCUT2D eigenvalue weighted by atomic mass is 10.1. The molecular weight excluding hydrogens is 366 g/mol. The van der Waals surface area contributed by atoms with Gasteiger partial charge in [-0.2, -0.15) is 0 Å². The summed E-state index contributed by atoms with van der Waals surface area (Å²) in [5.74, 6) is -0.130. The number of carbonyl (C=O) groups excluding carboxylic acids is 2. The van der Waals surface area contributed by atoms with Crippen LogP contribution in [0.15, 0.2) is 30.8 Å². The van der Waals surface area contributed by atoms with Crippen molar-refractivity contribution in [2.75, 3.05) is 52.5 Å². The Labute approximate surface area is 174 Å². The Morgan fingerprint density at radius 1 is 1.10 bits per heavy atom. The van der Waals surface area contributed by atoms with Gasteiger partial charge in [-0.05, 0) is 12.5 Å². The van der Waals surface area contributed by atoms with Crippen LogP contribution in [0.5, 0.6) is 0 Å². The first-order valence-corrected chi connectivity index (χ1v) is 10.8. The molecule has 0 aromatic heterocycles. The van der Waals surface area contributed by atoms with Crippen LogP contribution in [0.25, 0.3) is 5.70 Å². The normalized spacial score (nSPS) is 16.9. The summed E-state index contributed by atoms with van der Waals surface area (Å²) in [5.41, 5.74) is 2.08. The summed E-state index contributed by atoms with van der Waals surface area (Å²) in [6.45, 7) is 11.9. The summed E-state index contributed by atoms with van der Waals surface area (Å²) in [4.78, 5) is 31.7. The third kappa shape index (κ3) is 5.46. The van der Waals surface area contributed by atoms with Crippen LogP contribution in [-0.2, 0) is 9.53 Å². The van der Waals surface area contributed by atoms with Crippen molar-refractivity contribution in [3.63, 3.8) is 0 Å². The Morgan fingerprint density at radius 3 is 2.52 bits per heavy atom. The summed E-state index contributed by atoms with van der Waals surface area (Å²) in [6.07, 6.45) is 4.47. The van der Waals surface area contributed by atoms with Crippen molar-refractivity contribution >= 4 is 17.5 Å². The van der Waals surface area contributed by atoms with Gasteiger partial charge in [0, 0.05) is 49.5 Å². The van der Waals surface area contributed by atoms with Crippen LogP contribution in [0, 0.1) is 0 Å². The molecule has 2 aliphatic rings. The number of amides is 2. The quantitative estimate of drug-likeness (QED) is 0.568. The smallest absolute Gasteiger partial charge is 0.259 e. The van der Waals surface area contributed by atoms with E-state index in [4.69, 9.17) is 4.74 Å². The third-order valence-electron chi connectivity index (χ3n) is 5.76. The van der Waals surface area contributed by atoms with Crippen molar-refractivity contribution in [2.45, 2.75) is 32.6 Å². The van der Waals surface area contributed by atoms with Crippen molar-refractivity contribution in [1.82, 2.24) is 14.7 Å². The van der Waals surface area contributed by atoms with Crippen LogP contribution in [0.2, 0.25) is 0 Å². The molecule has 0 bridgehead atoms. The Bertz CT molecular complexity index is 693. The van der Waals surface area contributed by atoms with E-state index in [1.807, 2.05) is 23.1 Å². The second-order valence-corrected chi connectivity index (χ2v) is 7.78. The number of morpholine rings is 1. The zero-order chi connectivity index (χ0) is 20.6. The van der Waals surface area contributed by atoms with E-state index in [1.165, 1.54) is 17.7 Å². The number of ether oxygens (including phenoxy) is 1. The average molecular weight is 400 g/mol. The van der Waals surface area contributed by atoms with Gasteiger partial charge in [0.1, 0.15) is 6.54 Å². The number of rotatable bonds is 10. The lowest BCUT2D eigenvalue weighted by Gasteiger charge is -2.31. The number of unbranched alkanes of at least 4 members (excludes halogenated alkanes) is 3. The molecule has 1 saturated heterocycles. The molecule has 2 heterocycles. The minimum absolute atomic E-state index is 0.00272. The van der Waals surface area contributed by atoms with E-state index in [0.29, 0.717) is 17.8 Å². The molecule has 0 saturated carbocycles. The first kappa shape index (κ1) is 21.5. The molecule has 0 unspecified atom stereocenters. The molecule has 0 spiro atoms. The van der Waals surface area contributed by atoms with E-state index in [2.05, 4.69) is 18.4 Å². The molecule has 0 aliphatic carbocycles. The zero-order valence-corrected chi connectivity index (χ0v) is 17.6. The SMILES string of the molecule is C=C1c2ccccc2C(=O)N1CC(=O)N(CCCCCC)CCN1CCOCC1. The summed E-state index contributed by atoms with van der Waals surface area (Å²) >= 11 is 0. The molecule has 0 atom stereocenters. The molecule has 29 heavy (non-hydrogen) atoms. The Balaban J connectivity index is 1.60. The molecule has 1 fully saturated rings. The van der Waals surface area contributed by atoms with Crippen molar-refractivity contribution in [1.29, 1.82) is 0 Å². The minimum atomic E-state index is -0.127. The Kier molecular flexibility index (Phi) is 7.83. The second kappa shape index (κ2) is 10.6. The van der Waals surface area contributed by atoms with Gasteiger partial charge in [0.25, 0.3) is 5.91 Å². The lowest BCUT2D eigenvalue weighted by molar-refractivity contribution is -0.131. The Hall–Kier alpha value is -2.18. The first-order valence-electron chi connectivity index (χ1n) is 10.8. The van der Waals surface area contributed by atoms with Gasteiger partial charge in [-0.3, -0.25) is 19.4 Å². The number of benzene rings is 1. The first-order chi connectivity index (χ1) is 14.1. The van der Waals surface area contributed by atoms with Gasteiger partial charge in [0.2, 0.25) is 5.91 Å². The average Bonchev–Trinajstić information content (AvgIpc) is 2.99. The maximum Gasteiger partial charge on any atom is 0.259 e. The molecule has 0 N–H and O–H groups in total. The van der Waals surface area contributed by atoms with Gasteiger partial charge in [0.15, 0.2) is 0 Å². The van der Waals surface area contributed by atoms with Crippen LogP contribution >= 0.6 is 0 Å². The van der Waals surface area contributed by atoms with Crippen LogP contribution in [-0.4, -0.2) is 79.0 Å². The highest BCUT2D eigenvalue weighted by atomic mass is 16.5. The van der Waals surface area contributed by atoms with Crippen molar-refractivity contribution in [3.05, 3.63) is 42.0 Å². The molecule has 6 heteroatoms. The highest BCUT2D eigenvalue weighted by molar-refractivity contribution is 6.10. The van der Waals surface area contributed by atoms with E-state index in [1.54, 1.807) is 6.07 Å². The predicted octanol–water partition coefficient (Wildman–Crippen LogP) is 2.85. The highest BCUT2D eigenvalue weighted by Crippen LogP contribution is 2.30. The molecule has 1 aromatic carbocycles. The molecule has 2 amide bonds. The monoisotopic (exact) mass is 399 g/mol. The highest BCUT2D eigenvalue weighted by Gasteiger charge is 2.33.